The van der Waals surface area contributed by atoms with Crippen molar-refractivity contribution in [2.75, 3.05) is 11.9 Å². The van der Waals surface area contributed by atoms with Crippen molar-refractivity contribution in [2.45, 2.75) is 26.8 Å². The quantitative estimate of drug-likeness (QED) is 0.398. The number of phenols is 2. The van der Waals surface area contributed by atoms with Gasteiger partial charge in [-0.3, -0.25) is 0 Å². The lowest BCUT2D eigenvalue weighted by Gasteiger charge is -2.23. The Morgan fingerprint density at radius 2 is 1.71 bits per heavy atom. The molecule has 2 aromatic heterocycles. The van der Waals surface area contributed by atoms with Gasteiger partial charge in [0, 0.05) is 22.3 Å². The number of anilines is 1. The van der Waals surface area contributed by atoms with Gasteiger partial charge < -0.3 is 20.3 Å². The summed E-state index contributed by atoms with van der Waals surface area (Å²) in [7, 11) is 0. The van der Waals surface area contributed by atoms with Crippen LogP contribution in [0.15, 0.2) is 60.7 Å². The fourth-order valence-corrected chi connectivity index (χ4v) is 3.61. The third kappa shape index (κ3) is 4.23. The van der Waals surface area contributed by atoms with E-state index in [-0.39, 0.29) is 11.5 Å². The Labute approximate surface area is 181 Å². The molecule has 2 heterocycles. The average Bonchev–Trinajstić information content (AvgIpc) is 2.75. The number of benzene rings is 2. The normalized spacial score (nSPS) is 12.0. The van der Waals surface area contributed by atoms with E-state index in [1.54, 1.807) is 18.2 Å². The molecule has 31 heavy (non-hydrogen) atoms. The molecule has 0 aliphatic heterocycles. The largest absolute Gasteiger partial charge is 0.505 e. The molecule has 0 aliphatic rings. The van der Waals surface area contributed by atoms with Gasteiger partial charge in [0.1, 0.15) is 17.1 Å². The molecule has 0 aliphatic carbocycles. The van der Waals surface area contributed by atoms with Crippen molar-refractivity contribution in [3.8, 4) is 17.2 Å². The molecule has 2 aromatic carbocycles. The van der Waals surface area contributed by atoms with Gasteiger partial charge in [-0.15, -0.1) is 0 Å². The molecule has 6 nitrogen and oxygen atoms in total. The maximum absolute atomic E-state index is 11.2. The van der Waals surface area contributed by atoms with Crippen LogP contribution in [-0.2, 0) is 0 Å². The summed E-state index contributed by atoms with van der Waals surface area (Å²) in [6, 6.07) is 18.2. The highest BCUT2D eigenvalue weighted by Gasteiger charge is 2.22. The molecule has 158 valence electrons. The SMILES string of the molecule is CCOc1cc([C@H](Nc2cccc(C)n2)c2ccc3ccc(C)nc3c2O)ccc1O. The van der Waals surface area contributed by atoms with Crippen molar-refractivity contribution in [1.29, 1.82) is 0 Å². The molecule has 1 atom stereocenters. The predicted octanol–water partition coefficient (Wildman–Crippen LogP) is 5.26. The molecular weight excluding hydrogens is 390 g/mol. The maximum Gasteiger partial charge on any atom is 0.161 e. The van der Waals surface area contributed by atoms with Gasteiger partial charge in [0.05, 0.1) is 12.6 Å². The van der Waals surface area contributed by atoms with Crippen LogP contribution in [0.25, 0.3) is 10.9 Å². The van der Waals surface area contributed by atoms with E-state index in [9.17, 15) is 10.2 Å². The number of aromatic hydroxyl groups is 2. The standard InChI is InChI=1S/C25H25N3O3/c1-4-31-21-14-18(11-13-20(21)29)23(28-22-7-5-6-15(2)26-22)19-12-10-17-9-8-16(3)27-24(17)25(19)30/h5-14,23,29-30H,4H2,1-3H3,(H,26,28)/t23-/m0/s1. The van der Waals surface area contributed by atoms with Gasteiger partial charge in [0.2, 0.25) is 0 Å². The number of nitrogens with zero attached hydrogens (tertiary/aromatic N) is 2. The lowest BCUT2D eigenvalue weighted by molar-refractivity contribution is 0.317. The second-order valence-electron chi connectivity index (χ2n) is 7.43. The van der Waals surface area contributed by atoms with E-state index < -0.39 is 6.04 Å². The van der Waals surface area contributed by atoms with E-state index in [0.29, 0.717) is 29.3 Å². The number of pyridine rings is 2. The fraction of sp³-hybridized carbons (Fsp3) is 0.200. The number of fused-ring (bicyclic) bond motifs is 1. The molecule has 0 saturated heterocycles. The van der Waals surface area contributed by atoms with Crippen LogP contribution >= 0.6 is 0 Å². The van der Waals surface area contributed by atoms with Crippen LogP contribution < -0.4 is 10.1 Å². The van der Waals surface area contributed by atoms with Crippen LogP contribution in [0.1, 0.15) is 35.5 Å². The molecule has 3 N–H and O–H groups in total. The Balaban J connectivity index is 1.87. The Hall–Kier alpha value is -3.80. The second-order valence-corrected chi connectivity index (χ2v) is 7.43. The van der Waals surface area contributed by atoms with E-state index in [2.05, 4.69) is 15.3 Å². The minimum atomic E-state index is -0.444. The zero-order chi connectivity index (χ0) is 22.0. The number of phenolic OH excluding ortho intramolecular Hbond substituents is 2. The highest BCUT2D eigenvalue weighted by atomic mass is 16.5. The zero-order valence-corrected chi connectivity index (χ0v) is 17.8. The topological polar surface area (TPSA) is 87.5 Å². The van der Waals surface area contributed by atoms with Crippen LogP contribution in [0.4, 0.5) is 5.82 Å². The summed E-state index contributed by atoms with van der Waals surface area (Å²) in [6.45, 7) is 6.11. The van der Waals surface area contributed by atoms with Crippen molar-refractivity contribution in [3.05, 3.63) is 83.2 Å². The number of rotatable bonds is 6. The van der Waals surface area contributed by atoms with Gasteiger partial charge in [0.25, 0.3) is 0 Å². The molecule has 0 fully saturated rings. The number of nitrogens with one attached hydrogen (secondary N) is 1. The number of aromatic nitrogens is 2. The summed E-state index contributed by atoms with van der Waals surface area (Å²) in [5, 5.41) is 25.6. The summed E-state index contributed by atoms with van der Waals surface area (Å²) in [6.07, 6.45) is 0. The molecule has 6 heteroatoms. The van der Waals surface area contributed by atoms with Gasteiger partial charge in [-0.05, 0) is 56.7 Å². The third-order valence-electron chi connectivity index (χ3n) is 5.11. The summed E-state index contributed by atoms with van der Waals surface area (Å²) >= 11 is 0. The summed E-state index contributed by atoms with van der Waals surface area (Å²) in [4.78, 5) is 9.09. The van der Waals surface area contributed by atoms with Crippen LogP contribution in [0.2, 0.25) is 0 Å². The Kier molecular flexibility index (Phi) is 5.62. The zero-order valence-electron chi connectivity index (χ0n) is 17.8. The van der Waals surface area contributed by atoms with Crippen LogP contribution in [0, 0.1) is 13.8 Å². The van der Waals surface area contributed by atoms with Crippen LogP contribution in [0.5, 0.6) is 17.2 Å². The highest BCUT2D eigenvalue weighted by molar-refractivity contribution is 5.86. The van der Waals surface area contributed by atoms with E-state index in [4.69, 9.17) is 4.74 Å². The first-order chi connectivity index (χ1) is 15.0. The summed E-state index contributed by atoms with van der Waals surface area (Å²) in [5.74, 6) is 1.24. The molecule has 0 amide bonds. The Bertz CT molecular complexity index is 1240. The molecule has 0 saturated carbocycles. The number of aryl methyl sites for hydroxylation is 2. The van der Waals surface area contributed by atoms with Gasteiger partial charge in [0.15, 0.2) is 11.5 Å². The third-order valence-corrected chi connectivity index (χ3v) is 5.11. The van der Waals surface area contributed by atoms with Crippen molar-refractivity contribution >= 4 is 16.7 Å². The first-order valence-electron chi connectivity index (χ1n) is 10.2. The van der Waals surface area contributed by atoms with Crippen LogP contribution in [-0.4, -0.2) is 26.8 Å². The fourth-order valence-electron chi connectivity index (χ4n) is 3.61. The summed E-state index contributed by atoms with van der Waals surface area (Å²) in [5.41, 5.74) is 3.72. The number of hydrogen-bond acceptors (Lipinski definition) is 6. The van der Waals surface area contributed by atoms with Gasteiger partial charge in [-0.25, -0.2) is 9.97 Å². The van der Waals surface area contributed by atoms with Gasteiger partial charge in [-0.2, -0.15) is 0 Å². The maximum atomic E-state index is 11.2. The van der Waals surface area contributed by atoms with Crippen molar-refractivity contribution in [1.82, 2.24) is 9.97 Å². The molecule has 0 radical (unpaired) electrons. The molecule has 0 bridgehead atoms. The van der Waals surface area contributed by atoms with E-state index in [1.807, 2.05) is 63.2 Å². The van der Waals surface area contributed by atoms with Crippen LogP contribution in [0.3, 0.4) is 0 Å². The molecule has 0 spiro atoms. The van der Waals surface area contributed by atoms with E-state index in [0.717, 1.165) is 22.3 Å². The van der Waals surface area contributed by atoms with Gasteiger partial charge >= 0.3 is 0 Å². The van der Waals surface area contributed by atoms with E-state index >= 15 is 0 Å². The molecular formula is C25H25N3O3. The monoisotopic (exact) mass is 415 g/mol. The Morgan fingerprint density at radius 1 is 0.935 bits per heavy atom. The number of hydrogen-bond donors (Lipinski definition) is 3. The average molecular weight is 415 g/mol. The minimum Gasteiger partial charge on any atom is -0.505 e. The van der Waals surface area contributed by atoms with Crippen molar-refractivity contribution in [3.63, 3.8) is 0 Å². The lowest BCUT2D eigenvalue weighted by atomic mass is 9.95. The molecule has 4 aromatic rings. The minimum absolute atomic E-state index is 0.0676. The smallest absolute Gasteiger partial charge is 0.161 e. The molecule has 4 rings (SSSR count). The highest BCUT2D eigenvalue weighted by Crippen LogP contribution is 2.39. The summed E-state index contributed by atoms with van der Waals surface area (Å²) < 4.78 is 5.58. The number of ether oxygens (including phenoxy) is 1. The van der Waals surface area contributed by atoms with Gasteiger partial charge in [-0.1, -0.05) is 30.3 Å². The first-order valence-corrected chi connectivity index (χ1v) is 10.2. The molecule has 0 unspecified atom stereocenters. The lowest BCUT2D eigenvalue weighted by Crippen LogP contribution is -2.14. The first kappa shape index (κ1) is 20.5. The van der Waals surface area contributed by atoms with E-state index in [1.165, 1.54) is 0 Å². The van der Waals surface area contributed by atoms with Crippen molar-refractivity contribution < 1.29 is 14.9 Å². The Morgan fingerprint density at radius 3 is 2.48 bits per heavy atom. The van der Waals surface area contributed by atoms with Crippen molar-refractivity contribution in [2.24, 2.45) is 0 Å². The second kappa shape index (κ2) is 8.52. The predicted molar refractivity (Wildman–Crippen MR) is 122 cm³/mol.